The van der Waals surface area contributed by atoms with Crippen LogP contribution in [-0.4, -0.2) is 96.9 Å². The Morgan fingerprint density at radius 3 is 2.86 bits per heavy atom. The first-order valence-corrected chi connectivity index (χ1v) is 15.5. The van der Waals surface area contributed by atoms with Gasteiger partial charge >= 0.3 is 0 Å². The van der Waals surface area contributed by atoms with Crippen molar-refractivity contribution < 1.29 is 18.7 Å². The van der Waals surface area contributed by atoms with Crippen molar-refractivity contribution in [1.82, 2.24) is 25.3 Å². The van der Waals surface area contributed by atoms with Crippen LogP contribution in [0.3, 0.4) is 0 Å². The fourth-order valence-corrected chi connectivity index (χ4v) is 8.27. The summed E-state index contributed by atoms with van der Waals surface area (Å²) in [5, 5.41) is 16.8. The SMILES string of the molecule is C=CC(=O)N1CCN(C2NC(OCC3CCCN3C)NC3C(=O)[C@]4(CCc5c(F)cccc5C4)CCC32)CC1CC#N. The van der Waals surface area contributed by atoms with Crippen LogP contribution >= 0.6 is 0 Å². The molecule has 1 spiro atoms. The van der Waals surface area contributed by atoms with Crippen molar-refractivity contribution in [3.8, 4) is 6.07 Å². The number of carbonyl (C=O) groups excluding carboxylic acids is 2. The zero-order valence-electron chi connectivity index (χ0n) is 24.6. The van der Waals surface area contributed by atoms with E-state index < -0.39 is 17.8 Å². The number of ether oxygens (including phenoxy) is 1. The molecule has 1 aromatic rings. The van der Waals surface area contributed by atoms with Crippen molar-refractivity contribution in [3.63, 3.8) is 0 Å². The van der Waals surface area contributed by atoms with Crippen molar-refractivity contribution in [1.29, 1.82) is 5.26 Å². The van der Waals surface area contributed by atoms with Crippen molar-refractivity contribution in [2.75, 3.05) is 39.8 Å². The van der Waals surface area contributed by atoms with E-state index >= 15 is 0 Å². The van der Waals surface area contributed by atoms with Crippen LogP contribution in [0.5, 0.6) is 0 Å². The lowest BCUT2D eigenvalue weighted by atomic mass is 9.59. The number of rotatable bonds is 6. The van der Waals surface area contributed by atoms with Crippen LogP contribution in [-0.2, 0) is 27.2 Å². The van der Waals surface area contributed by atoms with Gasteiger partial charge in [-0.25, -0.2) is 4.39 Å². The van der Waals surface area contributed by atoms with E-state index in [0.29, 0.717) is 51.5 Å². The van der Waals surface area contributed by atoms with Gasteiger partial charge in [-0.1, -0.05) is 18.7 Å². The van der Waals surface area contributed by atoms with Gasteiger partial charge in [0.2, 0.25) is 5.91 Å². The first kappa shape index (κ1) is 29.4. The molecule has 2 N–H and O–H groups in total. The number of benzene rings is 1. The molecule has 1 amide bonds. The minimum Gasteiger partial charge on any atom is -0.348 e. The van der Waals surface area contributed by atoms with Gasteiger partial charge in [0.15, 0.2) is 12.1 Å². The number of nitriles is 1. The molecule has 1 saturated carbocycles. The molecular formula is C32H43FN6O3. The molecular weight excluding hydrogens is 535 g/mol. The zero-order chi connectivity index (χ0) is 29.4. The van der Waals surface area contributed by atoms with E-state index in [1.807, 2.05) is 6.07 Å². The van der Waals surface area contributed by atoms with Crippen molar-refractivity contribution in [3.05, 3.63) is 47.8 Å². The third kappa shape index (κ3) is 5.42. The highest BCUT2D eigenvalue weighted by Crippen LogP contribution is 2.48. The maximum Gasteiger partial charge on any atom is 0.246 e. The van der Waals surface area contributed by atoms with E-state index in [2.05, 4.69) is 40.1 Å². The highest BCUT2D eigenvalue weighted by atomic mass is 19.1. The Morgan fingerprint density at radius 1 is 1.24 bits per heavy atom. The summed E-state index contributed by atoms with van der Waals surface area (Å²) in [6, 6.07) is 7.19. The summed E-state index contributed by atoms with van der Waals surface area (Å²) in [4.78, 5) is 33.4. The molecule has 5 aliphatic rings. The average Bonchev–Trinajstić information content (AvgIpc) is 3.42. The monoisotopic (exact) mass is 578 g/mol. The number of likely N-dealkylation sites (N-methyl/N-ethyl adjacent to an activating group) is 1. The molecule has 6 unspecified atom stereocenters. The van der Waals surface area contributed by atoms with Gasteiger partial charge in [-0.2, -0.15) is 5.26 Å². The van der Waals surface area contributed by atoms with Gasteiger partial charge in [0.05, 0.1) is 37.3 Å². The van der Waals surface area contributed by atoms with Crippen LogP contribution in [0.25, 0.3) is 0 Å². The zero-order valence-corrected chi connectivity index (χ0v) is 24.6. The van der Waals surface area contributed by atoms with Gasteiger partial charge in [-0.3, -0.25) is 25.1 Å². The largest absolute Gasteiger partial charge is 0.348 e. The lowest BCUT2D eigenvalue weighted by Gasteiger charge is -2.55. The summed E-state index contributed by atoms with van der Waals surface area (Å²) >= 11 is 0. The lowest BCUT2D eigenvalue weighted by Crippen LogP contribution is -2.74. The second kappa shape index (κ2) is 12.1. The molecule has 4 fully saturated rings. The second-order valence-electron chi connectivity index (χ2n) is 12.9. The Balaban J connectivity index is 1.24. The van der Waals surface area contributed by atoms with Crippen molar-refractivity contribution in [2.24, 2.45) is 11.3 Å². The second-order valence-corrected chi connectivity index (χ2v) is 12.9. The molecule has 7 atom stereocenters. The molecule has 10 heteroatoms. The number of ketones is 1. The molecule has 0 aromatic heterocycles. The number of amides is 1. The van der Waals surface area contributed by atoms with E-state index in [1.54, 1.807) is 11.0 Å². The molecule has 0 bridgehead atoms. The number of likely N-dealkylation sites (tertiary alicyclic amines) is 1. The summed E-state index contributed by atoms with van der Waals surface area (Å²) in [5.74, 6) is -0.108. The Hall–Kier alpha value is -2.68. The standard InChI is InChI=1S/C32H43FN6O3/c1-3-27(40)39-17-16-38(19-22(39)11-14-34)30-25-10-13-32(12-9-24-21(18-32)6-4-8-26(24)33)29(41)28(25)35-31(36-30)42-20-23-7-5-15-37(23)2/h3-4,6,8,22-23,25,28,30-31,35-36H,1,5,7,9-13,15-20H2,2H3/t22?,23?,25?,28?,30?,31?,32-/m1/s1. The van der Waals surface area contributed by atoms with Gasteiger partial charge in [-0.05, 0) is 81.8 Å². The predicted molar refractivity (Wildman–Crippen MR) is 155 cm³/mol. The van der Waals surface area contributed by atoms with E-state index in [0.717, 1.165) is 43.4 Å². The highest BCUT2D eigenvalue weighted by molar-refractivity contribution is 5.91. The summed E-state index contributed by atoms with van der Waals surface area (Å²) < 4.78 is 21.0. The molecule has 226 valence electrons. The van der Waals surface area contributed by atoms with E-state index in [1.165, 1.54) is 12.1 Å². The van der Waals surface area contributed by atoms with Gasteiger partial charge in [0.1, 0.15) is 5.82 Å². The number of piperazine rings is 1. The fraction of sp³-hybridized carbons (Fsp3) is 0.656. The van der Waals surface area contributed by atoms with Crippen LogP contribution < -0.4 is 10.6 Å². The Bertz CT molecular complexity index is 1250. The number of halogens is 1. The highest BCUT2D eigenvalue weighted by Gasteiger charge is 2.55. The van der Waals surface area contributed by atoms with Gasteiger partial charge in [0.25, 0.3) is 0 Å². The summed E-state index contributed by atoms with van der Waals surface area (Å²) in [6.07, 6.45) is 6.58. The molecule has 3 saturated heterocycles. The van der Waals surface area contributed by atoms with E-state index in [-0.39, 0.29) is 42.1 Å². The summed E-state index contributed by atoms with van der Waals surface area (Å²) in [6.45, 7) is 6.94. The number of fused-ring (bicyclic) bond motifs is 2. The Labute approximate surface area is 248 Å². The third-order valence-corrected chi connectivity index (χ3v) is 10.7. The Morgan fingerprint density at radius 2 is 2.10 bits per heavy atom. The van der Waals surface area contributed by atoms with Gasteiger partial charge in [-0.15, -0.1) is 0 Å². The van der Waals surface area contributed by atoms with Crippen LogP contribution in [0.1, 0.15) is 49.7 Å². The lowest BCUT2D eigenvalue weighted by molar-refractivity contribution is -0.154. The number of nitrogens with one attached hydrogen (secondary N) is 2. The predicted octanol–water partition coefficient (Wildman–Crippen LogP) is 2.17. The molecule has 1 aromatic carbocycles. The smallest absolute Gasteiger partial charge is 0.246 e. The molecule has 6 rings (SSSR count). The van der Waals surface area contributed by atoms with Gasteiger partial charge < -0.3 is 14.5 Å². The van der Waals surface area contributed by atoms with E-state index in [4.69, 9.17) is 4.74 Å². The fourth-order valence-electron chi connectivity index (χ4n) is 8.27. The molecule has 3 heterocycles. The minimum atomic E-state index is -0.508. The first-order valence-electron chi connectivity index (χ1n) is 15.5. The topological polar surface area (TPSA) is 101 Å². The van der Waals surface area contributed by atoms with E-state index in [9.17, 15) is 19.2 Å². The summed E-state index contributed by atoms with van der Waals surface area (Å²) in [7, 11) is 2.12. The van der Waals surface area contributed by atoms with Crippen molar-refractivity contribution >= 4 is 11.7 Å². The number of carbonyl (C=O) groups is 2. The first-order chi connectivity index (χ1) is 20.3. The number of hydrogen-bond donors (Lipinski definition) is 2. The molecule has 42 heavy (non-hydrogen) atoms. The maximum absolute atomic E-state index is 14.5. The third-order valence-electron chi connectivity index (χ3n) is 10.7. The Kier molecular flexibility index (Phi) is 8.49. The van der Waals surface area contributed by atoms with Crippen LogP contribution in [0.15, 0.2) is 30.9 Å². The number of Topliss-reactive ketones (excluding diaryl/α,β-unsaturated/α-hetero) is 1. The van der Waals surface area contributed by atoms with Crippen molar-refractivity contribution in [2.45, 2.75) is 82.0 Å². The molecule has 0 radical (unpaired) electrons. The number of nitrogens with zero attached hydrogens (tertiary/aromatic N) is 4. The van der Waals surface area contributed by atoms with Crippen LogP contribution in [0.2, 0.25) is 0 Å². The van der Waals surface area contributed by atoms with Crippen LogP contribution in [0.4, 0.5) is 4.39 Å². The molecule has 2 aliphatic carbocycles. The van der Waals surface area contributed by atoms with Gasteiger partial charge in [0, 0.05) is 37.0 Å². The molecule has 3 aliphatic heterocycles. The molecule has 9 nitrogen and oxygen atoms in total. The quantitative estimate of drug-likeness (QED) is 0.496. The number of hydrogen-bond acceptors (Lipinski definition) is 8. The maximum atomic E-state index is 14.5. The minimum absolute atomic E-state index is 0.00965. The van der Waals surface area contributed by atoms with Crippen LogP contribution in [0, 0.1) is 28.5 Å². The normalized spacial score (nSPS) is 35.5. The summed E-state index contributed by atoms with van der Waals surface area (Å²) in [5.41, 5.74) is 1.20. The average molecular weight is 579 g/mol.